The molecule has 2 atom stereocenters. The first-order chi connectivity index (χ1) is 12.4. The number of aliphatic carboxylic acids is 1. The molecule has 3 aliphatic rings. The van der Waals surface area contributed by atoms with Crippen LogP contribution in [0.5, 0.6) is 5.75 Å². The van der Waals surface area contributed by atoms with Crippen molar-refractivity contribution >= 4 is 16.2 Å². The second-order valence-corrected chi connectivity index (χ2v) is 9.44. The van der Waals surface area contributed by atoms with Crippen LogP contribution in [0, 0.1) is 11.3 Å². The van der Waals surface area contributed by atoms with Crippen molar-refractivity contribution in [1.29, 1.82) is 0 Å². The highest BCUT2D eigenvalue weighted by molar-refractivity contribution is 7.86. The van der Waals surface area contributed by atoms with Crippen molar-refractivity contribution in [3.63, 3.8) is 0 Å². The summed E-state index contributed by atoms with van der Waals surface area (Å²) < 4.78 is 34.8. The van der Waals surface area contributed by atoms with Gasteiger partial charge >= 0.3 is 5.97 Å². The molecule has 1 aromatic carbocycles. The molecule has 142 valence electrons. The summed E-state index contributed by atoms with van der Waals surface area (Å²) in [6.45, 7) is 1.45. The summed E-state index contributed by atoms with van der Waals surface area (Å²) in [5, 5.41) is 10.1. The number of carboxylic acid groups (broad SMARTS) is 1. The Kier molecular flexibility index (Phi) is 4.45. The molecule has 8 heteroatoms. The van der Waals surface area contributed by atoms with E-state index in [-0.39, 0.29) is 32.0 Å². The summed E-state index contributed by atoms with van der Waals surface area (Å²) in [4.78, 5) is 12.3. The average Bonchev–Trinajstić information content (AvgIpc) is 2.95. The number of rotatable bonds is 3. The van der Waals surface area contributed by atoms with Crippen LogP contribution in [0.25, 0.3) is 0 Å². The van der Waals surface area contributed by atoms with E-state index in [1.54, 1.807) is 0 Å². The van der Waals surface area contributed by atoms with Crippen LogP contribution >= 0.6 is 0 Å². The minimum atomic E-state index is -3.63. The first-order valence-electron chi connectivity index (χ1n) is 9.13. The maximum absolute atomic E-state index is 13.0. The zero-order valence-electron chi connectivity index (χ0n) is 14.6. The number of carbonyl (C=O) groups is 1. The topological polar surface area (TPSA) is 87.1 Å². The number of piperidine rings is 1. The molecule has 0 radical (unpaired) electrons. The Morgan fingerprint density at radius 3 is 2.62 bits per heavy atom. The lowest BCUT2D eigenvalue weighted by atomic mass is 9.74. The summed E-state index contributed by atoms with van der Waals surface area (Å²) in [5.74, 6) is -0.612. The van der Waals surface area contributed by atoms with Crippen molar-refractivity contribution in [3.8, 4) is 5.75 Å². The molecule has 3 heterocycles. The highest BCUT2D eigenvalue weighted by atomic mass is 32.2. The third-order valence-electron chi connectivity index (χ3n) is 5.98. The quantitative estimate of drug-likeness (QED) is 0.855. The van der Waals surface area contributed by atoms with Crippen LogP contribution in [0.2, 0.25) is 0 Å². The van der Waals surface area contributed by atoms with Gasteiger partial charge in [-0.3, -0.25) is 4.79 Å². The molecule has 0 spiro atoms. The molecule has 1 N–H and O–H groups in total. The predicted octanol–water partition coefficient (Wildman–Crippen LogP) is 1.35. The van der Waals surface area contributed by atoms with Gasteiger partial charge in [0.2, 0.25) is 0 Å². The number of fused-ring (bicyclic) bond motifs is 2. The van der Waals surface area contributed by atoms with Crippen LogP contribution in [0.3, 0.4) is 0 Å². The van der Waals surface area contributed by atoms with Crippen LogP contribution in [0.4, 0.5) is 0 Å². The molecule has 1 unspecified atom stereocenters. The van der Waals surface area contributed by atoms with Gasteiger partial charge in [0, 0.05) is 32.1 Å². The highest BCUT2D eigenvalue weighted by Crippen LogP contribution is 2.45. The van der Waals surface area contributed by atoms with E-state index in [1.807, 2.05) is 24.3 Å². The van der Waals surface area contributed by atoms with Gasteiger partial charge in [0.1, 0.15) is 5.75 Å². The minimum Gasteiger partial charge on any atom is -0.493 e. The lowest BCUT2D eigenvalue weighted by Gasteiger charge is -2.31. The molecule has 0 aliphatic carbocycles. The lowest BCUT2D eigenvalue weighted by molar-refractivity contribution is -0.150. The molecular weight excluding hydrogens is 356 g/mol. The summed E-state index contributed by atoms with van der Waals surface area (Å²) in [6.07, 6.45) is 3.04. The molecule has 0 saturated carbocycles. The third-order valence-corrected chi connectivity index (χ3v) is 7.92. The number of benzene rings is 1. The molecule has 4 rings (SSSR count). The zero-order chi connectivity index (χ0) is 18.4. The van der Waals surface area contributed by atoms with Gasteiger partial charge in [0.05, 0.1) is 12.0 Å². The Balaban J connectivity index is 1.66. The van der Waals surface area contributed by atoms with Gasteiger partial charge < -0.3 is 9.84 Å². The molecular formula is C18H24N2O5S. The van der Waals surface area contributed by atoms with Crippen molar-refractivity contribution in [3.05, 3.63) is 29.8 Å². The second kappa shape index (κ2) is 6.51. The van der Waals surface area contributed by atoms with E-state index in [4.69, 9.17) is 4.74 Å². The third kappa shape index (κ3) is 2.80. The van der Waals surface area contributed by atoms with E-state index in [2.05, 4.69) is 0 Å². The Morgan fingerprint density at radius 1 is 1.15 bits per heavy atom. The van der Waals surface area contributed by atoms with Crippen molar-refractivity contribution in [2.45, 2.75) is 25.7 Å². The highest BCUT2D eigenvalue weighted by Gasteiger charge is 2.57. The zero-order valence-corrected chi connectivity index (χ0v) is 15.5. The molecule has 1 aromatic rings. The molecule has 2 fully saturated rings. The summed E-state index contributed by atoms with van der Waals surface area (Å²) in [6, 6.07) is 7.42. The van der Waals surface area contributed by atoms with E-state index < -0.39 is 21.6 Å². The Morgan fingerprint density at radius 2 is 1.88 bits per heavy atom. The Hall–Kier alpha value is -1.64. The van der Waals surface area contributed by atoms with Crippen LogP contribution in [-0.2, 0) is 21.4 Å². The maximum atomic E-state index is 13.0. The molecule has 3 aliphatic heterocycles. The monoisotopic (exact) mass is 380 g/mol. The van der Waals surface area contributed by atoms with E-state index in [0.29, 0.717) is 18.8 Å². The van der Waals surface area contributed by atoms with Crippen LogP contribution < -0.4 is 4.74 Å². The fourth-order valence-electron chi connectivity index (χ4n) is 4.41. The second-order valence-electron chi connectivity index (χ2n) is 7.51. The normalized spacial score (nSPS) is 30.1. The molecule has 0 amide bonds. The first kappa shape index (κ1) is 17.8. The van der Waals surface area contributed by atoms with E-state index >= 15 is 0 Å². The van der Waals surface area contributed by atoms with Crippen molar-refractivity contribution < 1.29 is 23.1 Å². The molecule has 2 saturated heterocycles. The van der Waals surface area contributed by atoms with Gasteiger partial charge in [-0.25, -0.2) is 0 Å². The fourth-order valence-corrected chi connectivity index (χ4v) is 6.22. The average molecular weight is 380 g/mol. The van der Waals surface area contributed by atoms with Crippen LogP contribution in [0.15, 0.2) is 24.3 Å². The SMILES string of the molecule is O=C(O)[C@@]12Cc3ccccc3OCC1CN(S(=O)(=O)N1CCCCC1)C2. The number of para-hydroxylation sites is 1. The van der Waals surface area contributed by atoms with Gasteiger partial charge in [-0.2, -0.15) is 17.0 Å². The number of carboxylic acids is 1. The van der Waals surface area contributed by atoms with Crippen LogP contribution in [0.1, 0.15) is 24.8 Å². The number of ether oxygens (including phenoxy) is 1. The molecule has 7 nitrogen and oxygen atoms in total. The number of nitrogens with zero attached hydrogens (tertiary/aromatic N) is 2. The van der Waals surface area contributed by atoms with Crippen LogP contribution in [-0.4, -0.2) is 60.9 Å². The molecule has 0 bridgehead atoms. The summed E-state index contributed by atoms with van der Waals surface area (Å²) in [5.41, 5.74) is -0.315. The van der Waals surface area contributed by atoms with E-state index in [9.17, 15) is 18.3 Å². The van der Waals surface area contributed by atoms with Gasteiger partial charge in [-0.15, -0.1) is 0 Å². The van der Waals surface area contributed by atoms with E-state index in [1.165, 1.54) is 8.61 Å². The largest absolute Gasteiger partial charge is 0.493 e. The standard InChI is InChI=1S/C18H24N2O5S/c21-17(22)18-10-14-6-2-3-7-16(14)25-12-15(18)11-20(13-18)26(23,24)19-8-4-1-5-9-19/h2-3,6-7,15H,1,4-5,8-13H2,(H,21,22)/t15?,18-/m1/s1. The summed E-state index contributed by atoms with van der Waals surface area (Å²) >= 11 is 0. The van der Waals surface area contributed by atoms with Gasteiger partial charge in [-0.05, 0) is 30.9 Å². The number of hydrogen-bond donors (Lipinski definition) is 1. The lowest BCUT2D eigenvalue weighted by Crippen LogP contribution is -2.47. The Bertz CT molecular complexity index is 806. The molecule has 26 heavy (non-hydrogen) atoms. The first-order valence-corrected chi connectivity index (χ1v) is 10.5. The van der Waals surface area contributed by atoms with Gasteiger partial charge in [-0.1, -0.05) is 24.6 Å². The van der Waals surface area contributed by atoms with Gasteiger partial charge in [0.25, 0.3) is 10.2 Å². The number of hydrogen-bond acceptors (Lipinski definition) is 4. The minimum absolute atomic E-state index is 0.00350. The maximum Gasteiger partial charge on any atom is 0.311 e. The van der Waals surface area contributed by atoms with Gasteiger partial charge in [0.15, 0.2) is 0 Å². The predicted molar refractivity (Wildman–Crippen MR) is 95.1 cm³/mol. The van der Waals surface area contributed by atoms with Crippen molar-refractivity contribution in [2.24, 2.45) is 11.3 Å². The Labute approximate surface area is 153 Å². The van der Waals surface area contributed by atoms with Crippen molar-refractivity contribution in [2.75, 3.05) is 32.8 Å². The smallest absolute Gasteiger partial charge is 0.311 e. The summed E-state index contributed by atoms with van der Waals surface area (Å²) in [7, 11) is -3.63. The van der Waals surface area contributed by atoms with E-state index in [0.717, 1.165) is 24.8 Å². The molecule has 0 aromatic heterocycles. The fraction of sp³-hybridized carbons (Fsp3) is 0.611. The van der Waals surface area contributed by atoms with Crippen molar-refractivity contribution in [1.82, 2.24) is 8.61 Å².